The average Bonchev–Trinajstić information content (AvgIpc) is 2.55. The van der Waals surface area contributed by atoms with Crippen molar-refractivity contribution in [2.24, 2.45) is 0 Å². The summed E-state index contributed by atoms with van der Waals surface area (Å²) in [5, 5.41) is 10.7. The van der Waals surface area contributed by atoms with E-state index in [9.17, 15) is 0 Å². The highest BCUT2D eigenvalue weighted by Gasteiger charge is 2.53. The Balaban J connectivity index is 3.01. The maximum absolute atomic E-state index is 3.77. The molecule has 1 saturated carbocycles. The van der Waals surface area contributed by atoms with E-state index in [4.69, 9.17) is 0 Å². The normalized spacial score (nSPS) is 29.8. The minimum atomic E-state index is -0.0397. The molecule has 0 saturated heterocycles. The van der Waals surface area contributed by atoms with Crippen LogP contribution in [0.1, 0.15) is 40.0 Å². The van der Waals surface area contributed by atoms with Crippen LogP contribution in [0.15, 0.2) is 0 Å². The minimum Gasteiger partial charge on any atom is -0.326 e. The molecule has 0 amide bonds. The zero-order valence-electron chi connectivity index (χ0n) is 11.6. The third kappa shape index (κ3) is 2.33. The van der Waals surface area contributed by atoms with E-state index in [-0.39, 0.29) is 16.9 Å². The van der Waals surface area contributed by atoms with Crippen molar-refractivity contribution >= 4 is 10.4 Å². The van der Waals surface area contributed by atoms with Crippen molar-refractivity contribution in [2.75, 3.05) is 14.1 Å². The summed E-state index contributed by atoms with van der Waals surface area (Å²) in [7, 11) is 5.07. The van der Waals surface area contributed by atoms with Gasteiger partial charge in [-0.25, -0.2) is 0 Å². The molecule has 0 heterocycles. The topological polar surface area (TPSA) is 48.1 Å². The van der Waals surface area contributed by atoms with Crippen LogP contribution >= 0.6 is 0 Å². The summed E-state index contributed by atoms with van der Waals surface area (Å²) in [5.74, 6) is 0. The van der Waals surface area contributed by atoms with Crippen molar-refractivity contribution in [3.05, 3.63) is 0 Å². The van der Waals surface area contributed by atoms with Crippen LogP contribution in [0, 0.1) is 0 Å². The van der Waals surface area contributed by atoms with Gasteiger partial charge in [0.25, 0.3) is 0 Å². The molecule has 0 aromatic heterocycles. The fourth-order valence-electron chi connectivity index (χ4n) is 3.06. The zero-order valence-corrected chi connectivity index (χ0v) is 13.6. The molecule has 0 spiro atoms. The highest BCUT2D eigenvalue weighted by atomic mass is 28.2. The van der Waals surface area contributed by atoms with Gasteiger partial charge in [-0.15, -0.1) is 0 Å². The molecular formula is C11H28N4Si. The highest BCUT2D eigenvalue weighted by molar-refractivity contribution is 6.05. The Morgan fingerprint density at radius 2 is 1.50 bits per heavy atom. The Morgan fingerprint density at radius 3 is 1.88 bits per heavy atom. The second-order valence-electron chi connectivity index (χ2n) is 5.79. The second kappa shape index (κ2) is 4.74. The van der Waals surface area contributed by atoms with Crippen molar-refractivity contribution in [3.8, 4) is 0 Å². The first-order valence-electron chi connectivity index (χ1n) is 6.21. The maximum atomic E-state index is 3.77. The molecule has 1 unspecified atom stereocenters. The van der Waals surface area contributed by atoms with Crippen molar-refractivity contribution in [1.29, 1.82) is 0 Å². The first-order valence-corrected chi connectivity index (χ1v) is 7.21. The molecular weight excluding hydrogens is 216 g/mol. The van der Waals surface area contributed by atoms with Crippen LogP contribution in [0.2, 0.25) is 0 Å². The van der Waals surface area contributed by atoms with Crippen LogP contribution in [0.4, 0.5) is 0 Å². The average molecular weight is 244 g/mol. The second-order valence-corrected chi connectivity index (χ2v) is 6.29. The van der Waals surface area contributed by atoms with E-state index in [1.54, 1.807) is 0 Å². The van der Waals surface area contributed by atoms with Crippen LogP contribution in [-0.4, -0.2) is 41.4 Å². The number of nitrogens with one attached hydrogen (secondary N) is 4. The monoisotopic (exact) mass is 244 g/mol. The Morgan fingerprint density at radius 1 is 1.00 bits per heavy atom. The number of hydrogen-bond acceptors (Lipinski definition) is 4. The van der Waals surface area contributed by atoms with Crippen LogP contribution in [0.25, 0.3) is 0 Å². The zero-order chi connectivity index (χ0) is 12.4. The van der Waals surface area contributed by atoms with Crippen LogP contribution < -0.4 is 20.9 Å². The first-order chi connectivity index (χ1) is 7.35. The van der Waals surface area contributed by atoms with Crippen LogP contribution in [-0.2, 0) is 0 Å². The molecule has 0 aliphatic heterocycles. The predicted molar refractivity (Wildman–Crippen MR) is 73.4 cm³/mol. The Kier molecular flexibility index (Phi) is 4.18. The summed E-state index contributed by atoms with van der Waals surface area (Å²) in [6.07, 6.45) is 3.55. The Bertz CT molecular complexity index is 235. The largest absolute Gasteiger partial charge is 0.326 e. The molecule has 1 fully saturated rings. The summed E-state index contributed by atoms with van der Waals surface area (Å²) in [5.41, 5.74) is 0.0453. The molecule has 0 bridgehead atoms. The molecule has 0 radical (unpaired) electrons. The third-order valence-corrected chi connectivity index (χ3v) is 4.55. The van der Waals surface area contributed by atoms with Gasteiger partial charge in [-0.2, -0.15) is 0 Å². The van der Waals surface area contributed by atoms with E-state index in [0.717, 1.165) is 23.2 Å². The van der Waals surface area contributed by atoms with E-state index in [1.165, 1.54) is 6.42 Å². The molecule has 1 atom stereocenters. The molecule has 16 heavy (non-hydrogen) atoms. The summed E-state index contributed by atoms with van der Waals surface area (Å²) in [6.45, 7) is 6.67. The lowest BCUT2D eigenvalue weighted by atomic mass is 9.93. The SMILES string of the molecule is CNC1(NC)CCCC1(N[SiH3])NC(C)(C)C. The molecule has 96 valence electrons. The summed E-state index contributed by atoms with van der Waals surface area (Å²) in [6, 6.07) is 0. The predicted octanol–water partition coefficient (Wildman–Crippen LogP) is -0.740. The smallest absolute Gasteiger partial charge is 0.0999 e. The lowest BCUT2D eigenvalue weighted by molar-refractivity contribution is 0.0970. The standard InChI is InChI=1S/C11H28N4Si/c1-9(2,3)14-11(15-16)8-6-7-10(11,12-4)13-5/h12-15H,6-8H2,1-5,16H3. The molecule has 1 rings (SSSR count). The van der Waals surface area contributed by atoms with Gasteiger partial charge in [-0.3, -0.25) is 16.0 Å². The molecule has 4 nitrogen and oxygen atoms in total. The third-order valence-electron chi connectivity index (χ3n) is 3.70. The quantitative estimate of drug-likeness (QED) is 0.389. The van der Waals surface area contributed by atoms with E-state index in [2.05, 4.69) is 41.7 Å². The van der Waals surface area contributed by atoms with E-state index in [1.807, 2.05) is 14.1 Å². The number of hydrogen-bond donors (Lipinski definition) is 4. The molecule has 4 N–H and O–H groups in total. The Hall–Kier alpha value is 0.0569. The van der Waals surface area contributed by atoms with Gasteiger partial charge in [0.15, 0.2) is 0 Å². The van der Waals surface area contributed by atoms with E-state index < -0.39 is 0 Å². The van der Waals surface area contributed by atoms with Gasteiger partial charge >= 0.3 is 0 Å². The number of likely N-dealkylation sites (N-methyl/N-ethyl adjacent to an activating group) is 2. The fraction of sp³-hybridized carbons (Fsp3) is 1.00. The van der Waals surface area contributed by atoms with Gasteiger partial charge in [0.2, 0.25) is 0 Å². The minimum absolute atomic E-state index is 0.0268. The molecule has 1 aliphatic rings. The van der Waals surface area contributed by atoms with E-state index in [0.29, 0.717) is 0 Å². The number of rotatable bonds is 4. The van der Waals surface area contributed by atoms with Crippen molar-refractivity contribution < 1.29 is 0 Å². The van der Waals surface area contributed by atoms with Crippen molar-refractivity contribution in [2.45, 2.75) is 56.9 Å². The summed E-state index contributed by atoms with van der Waals surface area (Å²) < 4.78 is 0. The highest BCUT2D eigenvalue weighted by Crippen LogP contribution is 2.36. The maximum Gasteiger partial charge on any atom is 0.0999 e. The van der Waals surface area contributed by atoms with Gasteiger partial charge in [-0.05, 0) is 54.1 Å². The van der Waals surface area contributed by atoms with Gasteiger partial charge < -0.3 is 4.98 Å². The first kappa shape index (κ1) is 14.1. The van der Waals surface area contributed by atoms with Crippen LogP contribution in [0.5, 0.6) is 0 Å². The van der Waals surface area contributed by atoms with E-state index >= 15 is 0 Å². The molecule has 0 aromatic rings. The van der Waals surface area contributed by atoms with Crippen LogP contribution in [0.3, 0.4) is 0 Å². The van der Waals surface area contributed by atoms with Gasteiger partial charge in [0.1, 0.15) is 0 Å². The molecule has 0 aromatic carbocycles. The lowest BCUT2D eigenvalue weighted by Crippen LogP contribution is -2.79. The van der Waals surface area contributed by atoms with Gasteiger partial charge in [-0.1, -0.05) is 0 Å². The van der Waals surface area contributed by atoms with Gasteiger partial charge in [0.05, 0.1) is 21.7 Å². The molecule has 5 heteroatoms. The summed E-state index contributed by atoms with van der Waals surface area (Å²) in [4.78, 5) is 3.63. The fourth-order valence-corrected chi connectivity index (χ4v) is 3.86. The van der Waals surface area contributed by atoms with Crippen molar-refractivity contribution in [3.63, 3.8) is 0 Å². The lowest BCUT2D eigenvalue weighted by Gasteiger charge is -2.50. The van der Waals surface area contributed by atoms with Crippen molar-refractivity contribution in [1.82, 2.24) is 20.9 Å². The summed E-state index contributed by atoms with van der Waals surface area (Å²) >= 11 is 0. The van der Waals surface area contributed by atoms with Gasteiger partial charge in [0, 0.05) is 5.54 Å². The molecule has 1 aliphatic carbocycles. The Labute approximate surface area is 103 Å².